The van der Waals surface area contributed by atoms with E-state index in [0.717, 1.165) is 16.8 Å². The van der Waals surface area contributed by atoms with Crippen molar-refractivity contribution in [1.29, 1.82) is 0 Å². The molecule has 3 aromatic rings. The maximum absolute atomic E-state index is 13.1. The van der Waals surface area contributed by atoms with Crippen LogP contribution in [0.2, 0.25) is 0 Å². The maximum Gasteiger partial charge on any atom is 0.265 e. The minimum atomic E-state index is -3.84. The van der Waals surface area contributed by atoms with Gasteiger partial charge in [0, 0.05) is 17.4 Å². The first-order valence-electron chi connectivity index (χ1n) is 9.18. The van der Waals surface area contributed by atoms with Crippen molar-refractivity contribution in [3.05, 3.63) is 65.6 Å². The lowest BCUT2D eigenvalue weighted by Crippen LogP contribution is -2.15. The number of benzene rings is 2. The smallest absolute Gasteiger partial charge is 0.265 e. The molecule has 0 unspecified atom stereocenters. The van der Waals surface area contributed by atoms with Crippen LogP contribution in [0, 0.1) is 13.8 Å². The highest BCUT2D eigenvalue weighted by atomic mass is 32.2. The molecule has 0 amide bonds. The number of nitrogens with zero attached hydrogens (tertiary/aromatic N) is 2. The normalized spacial score (nSPS) is 11.2. The molecule has 7 nitrogen and oxygen atoms in total. The quantitative estimate of drug-likeness (QED) is 0.604. The Morgan fingerprint density at radius 2 is 1.83 bits per heavy atom. The summed E-state index contributed by atoms with van der Waals surface area (Å²) >= 11 is 0. The number of hydrogen-bond donors (Lipinski definition) is 2. The first-order valence-corrected chi connectivity index (χ1v) is 10.7. The SMILES string of the molecule is CCc1ccc(Nc2cc(C)ncn2)cc1NS(=O)(=O)c1cc(C)ccc1OC. The van der Waals surface area contributed by atoms with Crippen LogP contribution in [0.15, 0.2) is 53.7 Å². The van der Waals surface area contributed by atoms with Gasteiger partial charge in [-0.15, -0.1) is 0 Å². The number of aryl methyl sites for hydroxylation is 3. The summed E-state index contributed by atoms with van der Waals surface area (Å²) in [4.78, 5) is 8.36. The van der Waals surface area contributed by atoms with E-state index in [9.17, 15) is 8.42 Å². The number of aromatic nitrogens is 2. The molecule has 152 valence electrons. The van der Waals surface area contributed by atoms with Crippen LogP contribution in [0.5, 0.6) is 5.75 Å². The summed E-state index contributed by atoms with van der Waals surface area (Å²) in [6, 6.07) is 12.4. The first kappa shape index (κ1) is 20.6. The van der Waals surface area contributed by atoms with Crippen molar-refractivity contribution in [3.63, 3.8) is 0 Å². The Balaban J connectivity index is 1.96. The number of ether oxygens (including phenoxy) is 1. The number of nitrogens with one attached hydrogen (secondary N) is 2. The van der Waals surface area contributed by atoms with E-state index >= 15 is 0 Å². The van der Waals surface area contributed by atoms with E-state index < -0.39 is 10.0 Å². The predicted octanol–water partition coefficient (Wildman–Crippen LogP) is 4.21. The molecule has 0 aliphatic carbocycles. The molecule has 0 bridgehead atoms. The van der Waals surface area contributed by atoms with Crippen molar-refractivity contribution in [2.45, 2.75) is 32.1 Å². The lowest BCUT2D eigenvalue weighted by molar-refractivity contribution is 0.402. The molecule has 3 rings (SSSR count). The number of rotatable bonds is 7. The number of methoxy groups -OCH3 is 1. The first-order chi connectivity index (χ1) is 13.8. The fourth-order valence-electron chi connectivity index (χ4n) is 2.92. The van der Waals surface area contributed by atoms with Crippen LogP contribution in [0.4, 0.5) is 17.2 Å². The van der Waals surface area contributed by atoms with Crippen molar-refractivity contribution in [2.75, 3.05) is 17.1 Å². The summed E-state index contributed by atoms with van der Waals surface area (Å²) < 4.78 is 34.1. The molecule has 1 heterocycles. The molecule has 1 aromatic heterocycles. The Kier molecular flexibility index (Phi) is 6.03. The molecule has 0 fully saturated rings. The van der Waals surface area contributed by atoms with Crippen molar-refractivity contribution >= 4 is 27.2 Å². The van der Waals surface area contributed by atoms with Gasteiger partial charge in [0.15, 0.2) is 0 Å². The lowest BCUT2D eigenvalue weighted by Gasteiger charge is -2.16. The molecule has 0 aliphatic heterocycles. The summed E-state index contributed by atoms with van der Waals surface area (Å²) in [5, 5.41) is 3.18. The molecular formula is C21H24N4O3S. The van der Waals surface area contributed by atoms with Crippen LogP contribution < -0.4 is 14.8 Å². The standard InChI is InChI=1S/C21H24N4O3S/c1-5-16-7-8-17(24-21-11-15(3)22-13-23-21)12-18(16)25-29(26,27)20-10-14(2)6-9-19(20)28-4/h6-13,25H,5H2,1-4H3,(H,22,23,24). The zero-order chi connectivity index (χ0) is 21.0. The Morgan fingerprint density at radius 1 is 1.03 bits per heavy atom. The summed E-state index contributed by atoms with van der Waals surface area (Å²) in [6.07, 6.45) is 2.15. The molecule has 0 radical (unpaired) electrons. The number of hydrogen-bond acceptors (Lipinski definition) is 6. The third kappa shape index (κ3) is 4.83. The molecule has 29 heavy (non-hydrogen) atoms. The maximum atomic E-state index is 13.1. The van der Waals surface area contributed by atoms with Gasteiger partial charge in [0.1, 0.15) is 22.8 Å². The topological polar surface area (TPSA) is 93.2 Å². The van der Waals surface area contributed by atoms with E-state index in [2.05, 4.69) is 20.0 Å². The second-order valence-corrected chi connectivity index (χ2v) is 8.31. The highest BCUT2D eigenvalue weighted by molar-refractivity contribution is 7.92. The van der Waals surface area contributed by atoms with Gasteiger partial charge in [0.25, 0.3) is 10.0 Å². The molecule has 0 aliphatic rings. The average Bonchev–Trinajstić information content (AvgIpc) is 2.68. The Bertz CT molecular complexity index is 1130. The number of anilines is 3. The van der Waals surface area contributed by atoms with Crippen LogP contribution >= 0.6 is 0 Å². The second kappa shape index (κ2) is 8.48. The Morgan fingerprint density at radius 3 is 2.52 bits per heavy atom. The number of sulfonamides is 1. The molecule has 0 atom stereocenters. The fourth-order valence-corrected chi connectivity index (χ4v) is 4.27. The van der Waals surface area contributed by atoms with Crippen LogP contribution in [0.1, 0.15) is 23.7 Å². The zero-order valence-electron chi connectivity index (χ0n) is 16.9. The molecular weight excluding hydrogens is 388 g/mol. The monoisotopic (exact) mass is 412 g/mol. The summed E-state index contributed by atoms with van der Waals surface area (Å²) in [6.45, 7) is 5.69. The van der Waals surface area contributed by atoms with Crippen molar-refractivity contribution in [3.8, 4) is 5.75 Å². The molecule has 8 heteroatoms. The summed E-state index contributed by atoms with van der Waals surface area (Å²) in [5.74, 6) is 0.933. The van der Waals surface area contributed by atoms with Gasteiger partial charge >= 0.3 is 0 Å². The molecule has 2 N–H and O–H groups in total. The van der Waals surface area contributed by atoms with E-state index in [1.165, 1.54) is 13.4 Å². The third-order valence-corrected chi connectivity index (χ3v) is 5.81. The van der Waals surface area contributed by atoms with E-state index in [1.807, 2.05) is 45.0 Å². The largest absolute Gasteiger partial charge is 0.495 e. The van der Waals surface area contributed by atoms with Gasteiger partial charge in [-0.2, -0.15) is 0 Å². The van der Waals surface area contributed by atoms with E-state index in [4.69, 9.17) is 4.74 Å². The second-order valence-electron chi connectivity index (χ2n) is 6.65. The molecule has 0 saturated heterocycles. The highest BCUT2D eigenvalue weighted by Gasteiger charge is 2.21. The van der Waals surface area contributed by atoms with Crippen LogP contribution in [-0.4, -0.2) is 25.5 Å². The van der Waals surface area contributed by atoms with Crippen LogP contribution in [0.25, 0.3) is 0 Å². The van der Waals surface area contributed by atoms with Crippen LogP contribution in [-0.2, 0) is 16.4 Å². The predicted molar refractivity (Wildman–Crippen MR) is 114 cm³/mol. The minimum Gasteiger partial charge on any atom is -0.495 e. The molecule has 2 aromatic carbocycles. The van der Waals surface area contributed by atoms with E-state index in [-0.39, 0.29) is 4.90 Å². The van der Waals surface area contributed by atoms with E-state index in [0.29, 0.717) is 29.4 Å². The Labute approximate surface area is 171 Å². The van der Waals surface area contributed by atoms with Gasteiger partial charge in [0.2, 0.25) is 0 Å². The highest BCUT2D eigenvalue weighted by Crippen LogP contribution is 2.30. The Hall–Kier alpha value is -3.13. The molecule has 0 spiro atoms. The third-order valence-electron chi connectivity index (χ3n) is 4.42. The van der Waals surface area contributed by atoms with Gasteiger partial charge in [-0.05, 0) is 55.7 Å². The lowest BCUT2D eigenvalue weighted by atomic mass is 10.1. The van der Waals surface area contributed by atoms with Gasteiger partial charge in [0.05, 0.1) is 12.8 Å². The average molecular weight is 413 g/mol. The van der Waals surface area contributed by atoms with Crippen molar-refractivity contribution in [2.24, 2.45) is 0 Å². The summed E-state index contributed by atoms with van der Waals surface area (Å²) in [7, 11) is -2.38. The van der Waals surface area contributed by atoms with Crippen molar-refractivity contribution in [1.82, 2.24) is 9.97 Å². The van der Waals surface area contributed by atoms with Gasteiger partial charge in [-0.25, -0.2) is 18.4 Å². The van der Waals surface area contributed by atoms with E-state index in [1.54, 1.807) is 18.2 Å². The van der Waals surface area contributed by atoms with Gasteiger partial charge < -0.3 is 10.1 Å². The van der Waals surface area contributed by atoms with Gasteiger partial charge in [-0.1, -0.05) is 19.1 Å². The van der Waals surface area contributed by atoms with Crippen LogP contribution in [0.3, 0.4) is 0 Å². The summed E-state index contributed by atoms with van der Waals surface area (Å²) in [5.41, 5.74) is 3.77. The minimum absolute atomic E-state index is 0.104. The van der Waals surface area contributed by atoms with Gasteiger partial charge in [-0.3, -0.25) is 4.72 Å². The van der Waals surface area contributed by atoms with Crippen molar-refractivity contribution < 1.29 is 13.2 Å². The molecule has 0 saturated carbocycles. The zero-order valence-corrected chi connectivity index (χ0v) is 17.7. The fraction of sp³-hybridized carbons (Fsp3) is 0.238.